The number of carbonyl (C=O) groups excluding carboxylic acids is 2. The number of benzene rings is 1. The maximum Gasteiger partial charge on any atom is 0.242 e. The third-order valence-corrected chi connectivity index (χ3v) is 8.58. The second-order valence-corrected chi connectivity index (χ2v) is 11.0. The number of aromatic nitrogens is 2. The maximum absolute atomic E-state index is 13.2. The van der Waals surface area contributed by atoms with E-state index in [2.05, 4.69) is 34.8 Å². The van der Waals surface area contributed by atoms with Gasteiger partial charge in [0.2, 0.25) is 11.8 Å². The topological polar surface area (TPSA) is 79.3 Å². The Morgan fingerprint density at radius 3 is 2.49 bits per heavy atom. The van der Waals surface area contributed by atoms with E-state index in [1.807, 2.05) is 77.6 Å². The van der Waals surface area contributed by atoms with Gasteiger partial charge in [0.05, 0.1) is 11.4 Å². The molecule has 212 valence electrons. The lowest BCUT2D eigenvalue weighted by molar-refractivity contribution is -0.138. The summed E-state index contributed by atoms with van der Waals surface area (Å²) in [7, 11) is 3.86. The number of amides is 2. The molecule has 39 heavy (non-hydrogen) atoms. The van der Waals surface area contributed by atoms with Gasteiger partial charge in [-0.05, 0) is 56.2 Å². The van der Waals surface area contributed by atoms with Crippen molar-refractivity contribution in [3.8, 4) is 0 Å². The first kappa shape index (κ1) is 32.3. The van der Waals surface area contributed by atoms with Crippen molar-refractivity contribution in [2.24, 2.45) is 7.05 Å². The first-order chi connectivity index (χ1) is 18.7. The van der Waals surface area contributed by atoms with Crippen LogP contribution < -0.4 is 10.6 Å². The Balaban J connectivity index is 1.95. The summed E-state index contributed by atoms with van der Waals surface area (Å²) in [6.45, 7) is 14.8. The Hall–Kier alpha value is -2.91. The molecular weight excluding hydrogens is 526 g/mol. The average Bonchev–Trinajstić information content (AvgIpc) is 3.24. The monoisotopic (exact) mass is 569 g/mol. The maximum atomic E-state index is 13.2. The summed E-state index contributed by atoms with van der Waals surface area (Å²) in [6.07, 6.45) is 2.38. The van der Waals surface area contributed by atoms with Crippen LogP contribution in [0.1, 0.15) is 51.1 Å². The first-order valence-electron chi connectivity index (χ1n) is 13.3. The van der Waals surface area contributed by atoms with Crippen molar-refractivity contribution in [3.05, 3.63) is 70.9 Å². The fourth-order valence-corrected chi connectivity index (χ4v) is 5.75. The molecule has 1 atom stereocenters. The highest BCUT2D eigenvalue weighted by Gasteiger charge is 2.27. The molecule has 0 bridgehead atoms. The molecule has 0 aliphatic rings. The van der Waals surface area contributed by atoms with Gasteiger partial charge in [-0.1, -0.05) is 61.7 Å². The van der Waals surface area contributed by atoms with Crippen LogP contribution in [-0.2, 0) is 16.6 Å². The molecular formula is C30H43N5O2S2. The van der Waals surface area contributed by atoms with Gasteiger partial charge < -0.3 is 20.1 Å². The van der Waals surface area contributed by atoms with E-state index in [1.165, 1.54) is 11.8 Å². The molecule has 9 heteroatoms. The van der Waals surface area contributed by atoms with E-state index in [4.69, 9.17) is 4.98 Å². The van der Waals surface area contributed by atoms with Gasteiger partial charge in [-0.3, -0.25) is 9.59 Å². The molecule has 2 aromatic rings. The molecule has 0 saturated carbocycles. The van der Waals surface area contributed by atoms with Crippen LogP contribution in [0.2, 0.25) is 0 Å². The van der Waals surface area contributed by atoms with Crippen molar-refractivity contribution >= 4 is 46.6 Å². The van der Waals surface area contributed by atoms with E-state index in [9.17, 15) is 9.59 Å². The molecule has 0 aliphatic heterocycles. The smallest absolute Gasteiger partial charge is 0.242 e. The second kappa shape index (κ2) is 16.3. The predicted octanol–water partition coefficient (Wildman–Crippen LogP) is 5.49. The van der Waals surface area contributed by atoms with Crippen molar-refractivity contribution in [2.75, 3.05) is 31.6 Å². The number of nitrogens with one attached hydrogen (secondary N) is 2. The number of rotatable bonds is 15. The van der Waals surface area contributed by atoms with Crippen molar-refractivity contribution in [2.45, 2.75) is 52.2 Å². The molecule has 2 N–H and O–H groups in total. The van der Waals surface area contributed by atoms with Crippen LogP contribution in [0.5, 0.6) is 0 Å². The molecule has 0 saturated heterocycles. The predicted molar refractivity (Wildman–Crippen MR) is 168 cm³/mol. The Morgan fingerprint density at radius 2 is 1.90 bits per heavy atom. The van der Waals surface area contributed by atoms with Gasteiger partial charge in [0, 0.05) is 44.3 Å². The number of thioether (sulfide) groups is 2. The molecule has 1 aromatic carbocycles. The minimum Gasteiger partial charge on any atom is -0.387 e. The number of hydrogen-bond donors (Lipinski definition) is 2. The Labute approximate surface area is 242 Å². The van der Waals surface area contributed by atoms with Gasteiger partial charge in [-0.25, -0.2) is 4.98 Å². The highest BCUT2D eigenvalue weighted by atomic mass is 32.2. The van der Waals surface area contributed by atoms with E-state index in [-0.39, 0.29) is 17.6 Å². The molecule has 0 aliphatic carbocycles. The summed E-state index contributed by atoms with van der Waals surface area (Å²) in [4.78, 5) is 32.7. The SMILES string of the molecule is C=C/C(C)=C(/C)c1nc(SCC(=O)N(CC)[C@@H](CC)C(=O)NCCS/C=C(\NC)c2ccccc2)n(C)c1C. The summed E-state index contributed by atoms with van der Waals surface area (Å²) in [6, 6.07) is 9.62. The van der Waals surface area contributed by atoms with Crippen LogP contribution in [0.3, 0.4) is 0 Å². The third kappa shape index (κ3) is 8.80. The average molecular weight is 570 g/mol. The Morgan fingerprint density at radius 1 is 1.21 bits per heavy atom. The number of allylic oxidation sites excluding steroid dienone is 3. The fourth-order valence-electron chi connectivity index (χ4n) is 4.09. The highest BCUT2D eigenvalue weighted by Crippen LogP contribution is 2.27. The lowest BCUT2D eigenvalue weighted by atomic mass is 10.1. The quantitative estimate of drug-likeness (QED) is 0.168. The Bertz CT molecular complexity index is 1190. The first-order valence-corrected chi connectivity index (χ1v) is 15.3. The zero-order chi connectivity index (χ0) is 28.9. The van der Waals surface area contributed by atoms with Crippen LogP contribution in [0.4, 0.5) is 0 Å². The molecule has 0 unspecified atom stereocenters. The number of carbonyl (C=O) groups is 2. The van der Waals surface area contributed by atoms with Crippen LogP contribution in [-0.4, -0.2) is 64.0 Å². The summed E-state index contributed by atoms with van der Waals surface area (Å²) in [5.74, 6) is 0.767. The largest absolute Gasteiger partial charge is 0.387 e. The molecule has 1 heterocycles. The van der Waals surface area contributed by atoms with Crippen LogP contribution in [0.25, 0.3) is 11.3 Å². The molecule has 7 nitrogen and oxygen atoms in total. The van der Waals surface area contributed by atoms with Gasteiger partial charge >= 0.3 is 0 Å². The molecule has 2 rings (SSSR count). The molecule has 1 aromatic heterocycles. The van der Waals surface area contributed by atoms with E-state index >= 15 is 0 Å². The second-order valence-electron chi connectivity index (χ2n) is 9.10. The van der Waals surface area contributed by atoms with Gasteiger partial charge in [0.1, 0.15) is 6.04 Å². The van der Waals surface area contributed by atoms with E-state index in [1.54, 1.807) is 16.7 Å². The Kier molecular flexibility index (Phi) is 13.5. The summed E-state index contributed by atoms with van der Waals surface area (Å²) in [5.41, 5.74) is 6.26. The summed E-state index contributed by atoms with van der Waals surface area (Å²) >= 11 is 3.04. The minimum atomic E-state index is -0.500. The van der Waals surface area contributed by atoms with Gasteiger partial charge in [-0.2, -0.15) is 0 Å². The minimum absolute atomic E-state index is 0.0694. The van der Waals surface area contributed by atoms with E-state index in [0.717, 1.165) is 44.7 Å². The highest BCUT2D eigenvalue weighted by molar-refractivity contribution is 8.02. The van der Waals surface area contributed by atoms with Crippen molar-refractivity contribution < 1.29 is 9.59 Å². The number of likely N-dealkylation sites (N-methyl/N-ethyl adjacent to an activating group) is 1. The van der Waals surface area contributed by atoms with Gasteiger partial charge in [0.15, 0.2) is 5.16 Å². The number of imidazole rings is 1. The van der Waals surface area contributed by atoms with Gasteiger partial charge in [-0.15, -0.1) is 11.8 Å². The van der Waals surface area contributed by atoms with Crippen LogP contribution >= 0.6 is 23.5 Å². The lowest BCUT2D eigenvalue weighted by Gasteiger charge is -2.29. The summed E-state index contributed by atoms with van der Waals surface area (Å²) in [5, 5.41) is 9.08. The van der Waals surface area contributed by atoms with Crippen molar-refractivity contribution in [3.63, 3.8) is 0 Å². The third-order valence-electron chi connectivity index (χ3n) is 6.72. The molecule has 2 amide bonds. The summed E-state index contributed by atoms with van der Waals surface area (Å²) < 4.78 is 2.01. The van der Waals surface area contributed by atoms with Gasteiger partial charge in [0.25, 0.3) is 0 Å². The normalized spacial score (nSPS) is 12.9. The zero-order valence-corrected chi connectivity index (χ0v) is 26.0. The van der Waals surface area contributed by atoms with Crippen LogP contribution in [0.15, 0.2) is 59.1 Å². The zero-order valence-electron chi connectivity index (χ0n) is 24.3. The molecule has 0 fully saturated rings. The molecule has 0 radical (unpaired) electrons. The number of hydrogen-bond acceptors (Lipinski definition) is 6. The van der Waals surface area contributed by atoms with Crippen molar-refractivity contribution in [1.29, 1.82) is 0 Å². The fraction of sp³-hybridized carbons (Fsp3) is 0.433. The van der Waals surface area contributed by atoms with Crippen LogP contribution in [0, 0.1) is 6.92 Å². The molecule has 0 spiro atoms. The van der Waals surface area contributed by atoms with Crippen molar-refractivity contribution in [1.82, 2.24) is 25.1 Å². The standard InChI is InChI=1S/C30H43N5O2S2/c1-9-21(4)22(5)28-23(6)34(8)30(33-28)39-20-27(36)35(11-3)26(10-2)29(37)32-17-18-38-19-25(31-7)24-15-13-12-14-16-24/h9,12-16,19,26,31H,1,10-11,17-18,20H2,2-8H3,(H,32,37)/b22-21-,25-19-/t26-/m0/s1. The van der Waals surface area contributed by atoms with E-state index in [0.29, 0.717) is 19.5 Å². The lowest BCUT2D eigenvalue weighted by Crippen LogP contribution is -2.50. The number of nitrogens with zero attached hydrogens (tertiary/aromatic N) is 3. The van der Waals surface area contributed by atoms with E-state index < -0.39 is 6.04 Å².